The third-order valence-electron chi connectivity index (χ3n) is 5.38. The number of aryl methyl sites for hydroxylation is 1. The highest BCUT2D eigenvalue weighted by molar-refractivity contribution is 6.09. The summed E-state index contributed by atoms with van der Waals surface area (Å²) in [5, 5.41) is 7.53. The van der Waals surface area contributed by atoms with Crippen LogP contribution in [0.25, 0.3) is 27.9 Å². The summed E-state index contributed by atoms with van der Waals surface area (Å²) in [4.78, 5) is 35.1. The Bertz CT molecular complexity index is 1380. The summed E-state index contributed by atoms with van der Waals surface area (Å²) < 4.78 is 2.28. The number of amides is 3. The zero-order valence-corrected chi connectivity index (χ0v) is 18.2. The average molecular weight is 441 g/mol. The third-order valence-corrected chi connectivity index (χ3v) is 5.38. The number of hydrogen-bond acceptors (Lipinski definition) is 3. The second kappa shape index (κ2) is 9.40. The van der Waals surface area contributed by atoms with Gasteiger partial charge in [-0.3, -0.25) is 14.4 Å². The molecule has 166 valence electrons. The molecule has 3 aromatic carbocycles. The van der Waals surface area contributed by atoms with Crippen molar-refractivity contribution in [2.45, 2.75) is 13.5 Å². The fourth-order valence-corrected chi connectivity index (χ4v) is 3.85. The zero-order valence-electron chi connectivity index (χ0n) is 18.2. The van der Waals surface area contributed by atoms with E-state index in [1.54, 1.807) is 30.3 Å². The van der Waals surface area contributed by atoms with Gasteiger partial charge in [-0.25, -0.2) is 0 Å². The Morgan fingerprint density at radius 1 is 0.939 bits per heavy atom. The van der Waals surface area contributed by atoms with Gasteiger partial charge in [0.25, 0.3) is 5.91 Å². The molecule has 0 aliphatic heterocycles. The lowest BCUT2D eigenvalue weighted by atomic mass is 10.1. The molecule has 0 aliphatic rings. The minimum absolute atomic E-state index is 0.229. The van der Waals surface area contributed by atoms with Crippen molar-refractivity contribution < 1.29 is 14.4 Å². The second-order valence-corrected chi connectivity index (χ2v) is 7.59. The highest BCUT2D eigenvalue weighted by atomic mass is 16.2. The number of carbonyl (C=O) groups is 3. The quantitative estimate of drug-likeness (QED) is 0.382. The second-order valence-electron chi connectivity index (χ2n) is 7.59. The summed E-state index contributed by atoms with van der Waals surface area (Å²) >= 11 is 0. The lowest BCUT2D eigenvalue weighted by Crippen LogP contribution is -2.33. The van der Waals surface area contributed by atoms with Crippen molar-refractivity contribution in [3.05, 3.63) is 83.9 Å². The number of nitrogens with two attached hydrogens (primary N) is 1. The molecular weight excluding hydrogens is 416 g/mol. The fraction of sp³-hybridized carbons (Fsp3) is 0.115. The van der Waals surface area contributed by atoms with Crippen LogP contribution in [-0.4, -0.2) is 28.8 Å². The smallest absolute Gasteiger partial charge is 0.251 e. The van der Waals surface area contributed by atoms with Gasteiger partial charge in [-0.15, -0.1) is 0 Å². The van der Waals surface area contributed by atoms with E-state index in [0.717, 1.165) is 17.5 Å². The van der Waals surface area contributed by atoms with E-state index < -0.39 is 11.8 Å². The number of hydrogen-bond donors (Lipinski definition) is 3. The standard InChI is InChI=1S/C26H24N4O3/c1-2-30-22-6-4-3-5-20(22)21-15-17(7-13-23(21)30)8-14-25(32)29-19-11-9-18(10-12-19)26(33)28-16-24(27)31/h3-15H,2,16H2,1H3,(H2,27,31)(H,28,33)(H,29,32)/b14-8+. The Kier molecular flexibility index (Phi) is 6.22. The van der Waals surface area contributed by atoms with Gasteiger partial charge in [0.15, 0.2) is 0 Å². The predicted molar refractivity (Wildman–Crippen MR) is 131 cm³/mol. The lowest BCUT2D eigenvalue weighted by molar-refractivity contribution is -0.117. The minimum Gasteiger partial charge on any atom is -0.368 e. The minimum atomic E-state index is -0.616. The molecule has 0 atom stereocenters. The molecule has 7 heteroatoms. The number of aromatic nitrogens is 1. The van der Waals surface area contributed by atoms with E-state index in [9.17, 15) is 14.4 Å². The highest BCUT2D eigenvalue weighted by Crippen LogP contribution is 2.30. The molecule has 0 fully saturated rings. The van der Waals surface area contributed by atoms with Crippen LogP contribution in [0, 0.1) is 0 Å². The number of primary amides is 1. The van der Waals surface area contributed by atoms with Crippen molar-refractivity contribution in [2.75, 3.05) is 11.9 Å². The molecule has 4 rings (SSSR count). The summed E-state index contributed by atoms with van der Waals surface area (Å²) in [6.07, 6.45) is 3.26. The van der Waals surface area contributed by atoms with Crippen molar-refractivity contribution in [1.29, 1.82) is 0 Å². The van der Waals surface area contributed by atoms with Crippen LogP contribution in [0.4, 0.5) is 5.69 Å². The van der Waals surface area contributed by atoms with Gasteiger partial charge < -0.3 is 20.9 Å². The highest BCUT2D eigenvalue weighted by Gasteiger charge is 2.09. The summed E-state index contributed by atoms with van der Waals surface area (Å²) in [5.74, 6) is -1.31. The number of carbonyl (C=O) groups excluding carboxylic acids is 3. The third kappa shape index (κ3) is 4.77. The van der Waals surface area contributed by atoms with Crippen LogP contribution in [0.5, 0.6) is 0 Å². The lowest BCUT2D eigenvalue weighted by Gasteiger charge is -2.05. The van der Waals surface area contributed by atoms with Crippen molar-refractivity contribution in [2.24, 2.45) is 5.73 Å². The van der Waals surface area contributed by atoms with Gasteiger partial charge in [-0.1, -0.05) is 24.3 Å². The first kappa shape index (κ1) is 21.8. The van der Waals surface area contributed by atoms with Crippen LogP contribution in [-0.2, 0) is 16.1 Å². The first-order valence-electron chi connectivity index (χ1n) is 10.6. The monoisotopic (exact) mass is 440 g/mol. The summed E-state index contributed by atoms with van der Waals surface area (Å²) in [6, 6.07) is 20.8. The molecule has 1 heterocycles. The van der Waals surface area contributed by atoms with Crippen LogP contribution in [0.1, 0.15) is 22.8 Å². The molecular formula is C26H24N4O3. The molecule has 0 aliphatic carbocycles. The Labute approximate surface area is 190 Å². The average Bonchev–Trinajstić information content (AvgIpc) is 3.14. The molecule has 1 aromatic heterocycles. The van der Waals surface area contributed by atoms with Gasteiger partial charge >= 0.3 is 0 Å². The molecule has 3 amide bonds. The Balaban J connectivity index is 1.46. The van der Waals surface area contributed by atoms with E-state index in [1.165, 1.54) is 22.5 Å². The van der Waals surface area contributed by atoms with Gasteiger partial charge in [-0.05, 0) is 61.0 Å². The van der Waals surface area contributed by atoms with Crippen molar-refractivity contribution >= 4 is 51.3 Å². The maximum atomic E-state index is 12.4. The number of nitrogens with zero attached hydrogens (tertiary/aromatic N) is 1. The van der Waals surface area contributed by atoms with Crippen LogP contribution >= 0.6 is 0 Å². The van der Waals surface area contributed by atoms with E-state index in [4.69, 9.17) is 5.73 Å². The van der Waals surface area contributed by atoms with Crippen molar-refractivity contribution in [3.63, 3.8) is 0 Å². The Hall–Kier alpha value is -4.39. The molecule has 0 saturated carbocycles. The molecule has 0 saturated heterocycles. The number of para-hydroxylation sites is 1. The number of rotatable bonds is 7. The summed E-state index contributed by atoms with van der Waals surface area (Å²) in [6.45, 7) is 2.78. The summed E-state index contributed by atoms with van der Waals surface area (Å²) in [7, 11) is 0. The largest absolute Gasteiger partial charge is 0.368 e. The van der Waals surface area contributed by atoms with Crippen LogP contribution < -0.4 is 16.4 Å². The first-order valence-corrected chi connectivity index (χ1v) is 10.6. The van der Waals surface area contributed by atoms with E-state index >= 15 is 0 Å². The maximum Gasteiger partial charge on any atom is 0.251 e. The molecule has 0 radical (unpaired) electrons. The predicted octanol–water partition coefficient (Wildman–Crippen LogP) is 3.68. The number of anilines is 1. The molecule has 0 bridgehead atoms. The molecule has 7 nitrogen and oxygen atoms in total. The van der Waals surface area contributed by atoms with E-state index in [1.807, 2.05) is 18.2 Å². The van der Waals surface area contributed by atoms with Gasteiger partial charge in [0.1, 0.15) is 0 Å². The molecule has 33 heavy (non-hydrogen) atoms. The van der Waals surface area contributed by atoms with Crippen LogP contribution in [0.15, 0.2) is 72.8 Å². The first-order chi connectivity index (χ1) is 16.0. The van der Waals surface area contributed by atoms with Gasteiger partial charge in [0.2, 0.25) is 11.8 Å². The molecule has 0 unspecified atom stereocenters. The van der Waals surface area contributed by atoms with Gasteiger partial charge in [0, 0.05) is 45.7 Å². The SMILES string of the molecule is CCn1c2ccccc2c2cc(/C=C/C(=O)Nc3ccc(C(=O)NCC(N)=O)cc3)ccc21. The Morgan fingerprint density at radius 2 is 1.67 bits per heavy atom. The topological polar surface area (TPSA) is 106 Å². The number of fused-ring (bicyclic) bond motifs is 3. The fourth-order valence-electron chi connectivity index (χ4n) is 3.85. The van der Waals surface area contributed by atoms with Gasteiger partial charge in [0.05, 0.1) is 6.54 Å². The normalized spacial score (nSPS) is 11.2. The van der Waals surface area contributed by atoms with E-state index in [-0.39, 0.29) is 12.5 Å². The maximum absolute atomic E-state index is 12.4. The van der Waals surface area contributed by atoms with Crippen LogP contribution in [0.2, 0.25) is 0 Å². The van der Waals surface area contributed by atoms with Crippen molar-refractivity contribution in [3.8, 4) is 0 Å². The van der Waals surface area contributed by atoms with Crippen LogP contribution in [0.3, 0.4) is 0 Å². The van der Waals surface area contributed by atoms with Crippen molar-refractivity contribution in [1.82, 2.24) is 9.88 Å². The van der Waals surface area contributed by atoms with E-state index in [2.05, 4.69) is 46.4 Å². The number of benzene rings is 3. The Morgan fingerprint density at radius 3 is 2.39 bits per heavy atom. The number of nitrogens with one attached hydrogen (secondary N) is 2. The molecule has 4 N–H and O–H groups in total. The molecule has 0 spiro atoms. The zero-order chi connectivity index (χ0) is 23.4. The van der Waals surface area contributed by atoms with Gasteiger partial charge in [-0.2, -0.15) is 0 Å². The molecule has 4 aromatic rings. The van der Waals surface area contributed by atoms with E-state index in [0.29, 0.717) is 11.3 Å². The summed E-state index contributed by atoms with van der Waals surface area (Å²) in [5.41, 5.74) is 9.23.